The number of carbonyl (C=O) groups is 1. The summed E-state index contributed by atoms with van der Waals surface area (Å²) in [6.07, 6.45) is 3.11. The predicted octanol–water partition coefficient (Wildman–Crippen LogP) is 3.60. The monoisotopic (exact) mass is 346 g/mol. The SMILES string of the molecule is CN(C)C/C=C/C(=O)Nc1ccc(OCc2cccc(F)c2)c(F)c1. The minimum absolute atomic E-state index is 0.0328. The summed E-state index contributed by atoms with van der Waals surface area (Å²) in [4.78, 5) is 13.6. The van der Waals surface area contributed by atoms with Crippen molar-refractivity contribution >= 4 is 11.6 Å². The number of anilines is 1. The van der Waals surface area contributed by atoms with Crippen LogP contribution in [0, 0.1) is 11.6 Å². The lowest BCUT2D eigenvalue weighted by Crippen LogP contribution is -2.13. The van der Waals surface area contributed by atoms with Crippen molar-refractivity contribution < 1.29 is 18.3 Å². The fourth-order valence-electron chi connectivity index (χ4n) is 2.04. The normalized spacial score (nSPS) is 11.1. The molecule has 1 N–H and O–H groups in total. The first-order valence-corrected chi connectivity index (χ1v) is 7.73. The average molecular weight is 346 g/mol. The van der Waals surface area contributed by atoms with Gasteiger partial charge in [0.15, 0.2) is 11.6 Å². The summed E-state index contributed by atoms with van der Waals surface area (Å²) in [5.41, 5.74) is 0.929. The number of amides is 1. The topological polar surface area (TPSA) is 41.6 Å². The van der Waals surface area contributed by atoms with Crippen LogP contribution in [0.5, 0.6) is 5.75 Å². The minimum Gasteiger partial charge on any atom is -0.486 e. The molecule has 0 aliphatic rings. The van der Waals surface area contributed by atoms with Crippen molar-refractivity contribution in [2.45, 2.75) is 6.61 Å². The maximum atomic E-state index is 14.1. The predicted molar refractivity (Wildman–Crippen MR) is 93.5 cm³/mol. The van der Waals surface area contributed by atoms with Crippen LogP contribution in [0.3, 0.4) is 0 Å². The van der Waals surface area contributed by atoms with Crippen molar-refractivity contribution in [3.8, 4) is 5.75 Å². The summed E-state index contributed by atoms with van der Waals surface area (Å²) < 4.78 is 32.5. The molecule has 0 saturated carbocycles. The summed E-state index contributed by atoms with van der Waals surface area (Å²) >= 11 is 0. The second kappa shape index (κ2) is 8.94. The average Bonchev–Trinajstić information content (AvgIpc) is 2.54. The van der Waals surface area contributed by atoms with E-state index in [1.54, 1.807) is 24.3 Å². The van der Waals surface area contributed by atoms with Crippen LogP contribution in [-0.2, 0) is 11.4 Å². The van der Waals surface area contributed by atoms with Gasteiger partial charge in [-0.1, -0.05) is 18.2 Å². The van der Waals surface area contributed by atoms with E-state index < -0.39 is 5.82 Å². The zero-order valence-electron chi connectivity index (χ0n) is 14.1. The van der Waals surface area contributed by atoms with E-state index >= 15 is 0 Å². The molecule has 6 heteroatoms. The molecule has 0 aliphatic carbocycles. The van der Waals surface area contributed by atoms with E-state index in [0.29, 0.717) is 17.8 Å². The van der Waals surface area contributed by atoms with Gasteiger partial charge < -0.3 is 15.0 Å². The molecule has 132 valence electrons. The Balaban J connectivity index is 1.93. The molecule has 0 aliphatic heterocycles. The first-order valence-electron chi connectivity index (χ1n) is 7.73. The first kappa shape index (κ1) is 18.6. The van der Waals surface area contributed by atoms with E-state index in [2.05, 4.69) is 5.32 Å². The van der Waals surface area contributed by atoms with Gasteiger partial charge in [0.05, 0.1) is 0 Å². The number of nitrogens with one attached hydrogen (secondary N) is 1. The quantitative estimate of drug-likeness (QED) is 0.779. The number of hydrogen-bond acceptors (Lipinski definition) is 3. The second-order valence-electron chi connectivity index (χ2n) is 5.72. The number of benzene rings is 2. The lowest BCUT2D eigenvalue weighted by atomic mass is 10.2. The van der Waals surface area contributed by atoms with Gasteiger partial charge in [0.25, 0.3) is 0 Å². The van der Waals surface area contributed by atoms with Crippen LogP contribution in [0.15, 0.2) is 54.6 Å². The first-order chi connectivity index (χ1) is 11.9. The minimum atomic E-state index is -0.605. The highest BCUT2D eigenvalue weighted by molar-refractivity contribution is 5.99. The van der Waals surface area contributed by atoms with Crippen molar-refractivity contribution in [2.24, 2.45) is 0 Å². The van der Waals surface area contributed by atoms with E-state index in [-0.39, 0.29) is 24.1 Å². The summed E-state index contributed by atoms with van der Waals surface area (Å²) in [5.74, 6) is -1.28. The summed E-state index contributed by atoms with van der Waals surface area (Å²) in [7, 11) is 3.78. The molecular formula is C19H20F2N2O2. The zero-order valence-corrected chi connectivity index (χ0v) is 14.1. The lowest BCUT2D eigenvalue weighted by Gasteiger charge is -2.09. The smallest absolute Gasteiger partial charge is 0.248 e. The van der Waals surface area contributed by atoms with Crippen molar-refractivity contribution in [3.05, 3.63) is 71.8 Å². The fraction of sp³-hybridized carbons (Fsp3) is 0.211. The number of nitrogens with zero attached hydrogens (tertiary/aromatic N) is 1. The molecule has 0 atom stereocenters. The van der Waals surface area contributed by atoms with Crippen LogP contribution in [0.4, 0.5) is 14.5 Å². The molecule has 0 unspecified atom stereocenters. The van der Waals surface area contributed by atoms with Gasteiger partial charge in [0.1, 0.15) is 12.4 Å². The molecular weight excluding hydrogens is 326 g/mol. The van der Waals surface area contributed by atoms with E-state index in [1.165, 1.54) is 30.3 Å². The standard InChI is InChI=1S/C19H20F2N2O2/c1-23(2)10-4-7-19(24)22-16-8-9-18(17(21)12-16)25-13-14-5-3-6-15(20)11-14/h3-9,11-12H,10,13H2,1-2H3,(H,22,24)/b7-4+. The van der Waals surface area contributed by atoms with Crippen LogP contribution >= 0.6 is 0 Å². The van der Waals surface area contributed by atoms with E-state index in [1.807, 2.05) is 19.0 Å². The van der Waals surface area contributed by atoms with E-state index in [9.17, 15) is 13.6 Å². The van der Waals surface area contributed by atoms with Crippen molar-refractivity contribution in [2.75, 3.05) is 26.0 Å². The maximum absolute atomic E-state index is 14.1. The van der Waals surface area contributed by atoms with E-state index in [4.69, 9.17) is 4.74 Å². The molecule has 0 bridgehead atoms. The molecule has 0 saturated heterocycles. The van der Waals surface area contributed by atoms with Crippen molar-refractivity contribution in [3.63, 3.8) is 0 Å². The Morgan fingerprint density at radius 3 is 2.68 bits per heavy atom. The van der Waals surface area contributed by atoms with Gasteiger partial charge in [0, 0.05) is 24.4 Å². The number of ether oxygens (including phenoxy) is 1. The largest absolute Gasteiger partial charge is 0.486 e. The molecule has 1 amide bonds. The van der Waals surface area contributed by atoms with Crippen LogP contribution in [0.25, 0.3) is 0 Å². The Kier molecular flexibility index (Phi) is 6.65. The van der Waals surface area contributed by atoms with Gasteiger partial charge in [0.2, 0.25) is 5.91 Å². The molecule has 0 radical (unpaired) electrons. The third-order valence-corrected chi connectivity index (χ3v) is 3.22. The summed E-state index contributed by atoms with van der Waals surface area (Å²) in [5, 5.41) is 2.58. The fourth-order valence-corrected chi connectivity index (χ4v) is 2.04. The van der Waals surface area contributed by atoms with E-state index in [0.717, 1.165) is 0 Å². The van der Waals surface area contributed by atoms with Crippen LogP contribution < -0.4 is 10.1 Å². The third-order valence-electron chi connectivity index (χ3n) is 3.22. The number of halogens is 2. The number of rotatable bonds is 7. The molecule has 25 heavy (non-hydrogen) atoms. The highest BCUT2D eigenvalue weighted by Crippen LogP contribution is 2.22. The van der Waals surface area contributed by atoms with Gasteiger partial charge in [-0.05, 0) is 43.9 Å². The Labute approximate surface area is 145 Å². The van der Waals surface area contributed by atoms with Crippen molar-refractivity contribution in [1.29, 1.82) is 0 Å². The zero-order chi connectivity index (χ0) is 18.2. The molecule has 4 nitrogen and oxygen atoms in total. The van der Waals surface area contributed by atoms with Gasteiger partial charge in [-0.25, -0.2) is 8.78 Å². The van der Waals surface area contributed by atoms with Crippen LogP contribution in [0.1, 0.15) is 5.56 Å². The Morgan fingerprint density at radius 2 is 2.00 bits per heavy atom. The third kappa shape index (κ3) is 6.35. The molecule has 2 aromatic rings. The molecule has 0 spiro atoms. The number of carbonyl (C=O) groups excluding carboxylic acids is 1. The van der Waals surface area contributed by atoms with Crippen molar-refractivity contribution in [1.82, 2.24) is 4.90 Å². The number of likely N-dealkylation sites (N-methyl/N-ethyl adjacent to an activating group) is 1. The molecule has 0 aromatic heterocycles. The second-order valence-corrected chi connectivity index (χ2v) is 5.72. The Bertz CT molecular complexity index is 761. The van der Waals surface area contributed by atoms with Crippen LogP contribution in [0.2, 0.25) is 0 Å². The van der Waals surface area contributed by atoms with Gasteiger partial charge in [-0.3, -0.25) is 4.79 Å². The van der Waals surface area contributed by atoms with Gasteiger partial charge >= 0.3 is 0 Å². The van der Waals surface area contributed by atoms with Gasteiger partial charge in [-0.15, -0.1) is 0 Å². The molecule has 0 heterocycles. The molecule has 0 fully saturated rings. The summed E-state index contributed by atoms with van der Waals surface area (Å²) in [6.45, 7) is 0.683. The molecule has 2 aromatic carbocycles. The highest BCUT2D eigenvalue weighted by Gasteiger charge is 2.07. The number of hydrogen-bond donors (Lipinski definition) is 1. The maximum Gasteiger partial charge on any atom is 0.248 e. The lowest BCUT2D eigenvalue weighted by molar-refractivity contribution is -0.111. The van der Waals surface area contributed by atoms with Crippen LogP contribution in [-0.4, -0.2) is 31.4 Å². The Hall–Kier alpha value is -2.73. The molecule has 2 rings (SSSR count). The Morgan fingerprint density at radius 1 is 1.20 bits per heavy atom. The summed E-state index contributed by atoms with van der Waals surface area (Å²) in [6, 6.07) is 10.1. The highest BCUT2D eigenvalue weighted by atomic mass is 19.1. The van der Waals surface area contributed by atoms with Gasteiger partial charge in [-0.2, -0.15) is 0 Å².